The second kappa shape index (κ2) is 8.81. The van der Waals surface area contributed by atoms with Crippen molar-refractivity contribution < 1.29 is 14.3 Å². The first-order valence-electron chi connectivity index (χ1n) is 9.78. The van der Waals surface area contributed by atoms with E-state index in [2.05, 4.69) is 25.3 Å². The number of methoxy groups -OCH3 is 2. The Labute approximate surface area is 174 Å². The van der Waals surface area contributed by atoms with Gasteiger partial charge in [0.25, 0.3) is 0 Å². The van der Waals surface area contributed by atoms with E-state index in [9.17, 15) is 4.79 Å². The van der Waals surface area contributed by atoms with Gasteiger partial charge in [-0.25, -0.2) is 14.6 Å². The molecule has 1 amide bonds. The van der Waals surface area contributed by atoms with Crippen LogP contribution in [-0.4, -0.2) is 53.0 Å². The maximum Gasteiger partial charge on any atom is 0.229 e. The van der Waals surface area contributed by atoms with E-state index >= 15 is 0 Å². The average Bonchev–Trinajstić information content (AvgIpc) is 3.34. The normalized spacial score (nSPS) is 16.2. The molecule has 1 fully saturated rings. The van der Waals surface area contributed by atoms with Crippen molar-refractivity contribution >= 4 is 17.4 Å². The minimum Gasteiger partial charge on any atom is -0.497 e. The Morgan fingerprint density at radius 3 is 2.80 bits per heavy atom. The van der Waals surface area contributed by atoms with E-state index < -0.39 is 0 Å². The molecular weight excluding hydrogens is 384 g/mol. The number of carbonyl (C=O) groups is 1. The van der Waals surface area contributed by atoms with Gasteiger partial charge in [0.1, 0.15) is 23.6 Å². The quantitative estimate of drug-likeness (QED) is 0.670. The molecule has 4 rings (SSSR count). The highest BCUT2D eigenvalue weighted by Gasteiger charge is 2.27. The summed E-state index contributed by atoms with van der Waals surface area (Å²) in [6.45, 7) is 1.42. The van der Waals surface area contributed by atoms with E-state index in [1.165, 1.54) is 6.33 Å². The van der Waals surface area contributed by atoms with E-state index in [1.807, 2.05) is 18.3 Å². The molecule has 1 aromatic carbocycles. The number of ether oxygens (including phenoxy) is 2. The van der Waals surface area contributed by atoms with Gasteiger partial charge in [-0.2, -0.15) is 5.10 Å². The van der Waals surface area contributed by atoms with Gasteiger partial charge in [0.15, 0.2) is 5.82 Å². The first kappa shape index (κ1) is 19.7. The third-order valence-electron chi connectivity index (χ3n) is 5.16. The van der Waals surface area contributed by atoms with E-state index in [4.69, 9.17) is 9.47 Å². The molecule has 3 heterocycles. The van der Waals surface area contributed by atoms with Crippen LogP contribution in [0, 0.1) is 5.92 Å². The van der Waals surface area contributed by atoms with Crippen LogP contribution in [0.1, 0.15) is 12.8 Å². The minimum atomic E-state index is -0.159. The van der Waals surface area contributed by atoms with Gasteiger partial charge >= 0.3 is 0 Å². The number of nitrogens with one attached hydrogen (secondary N) is 1. The van der Waals surface area contributed by atoms with E-state index in [-0.39, 0.29) is 11.8 Å². The maximum absolute atomic E-state index is 12.9. The largest absolute Gasteiger partial charge is 0.497 e. The number of rotatable bonds is 6. The molecule has 9 heteroatoms. The number of carbonyl (C=O) groups excluding carboxylic acids is 1. The Bertz CT molecular complexity index is 1010. The van der Waals surface area contributed by atoms with Gasteiger partial charge < -0.3 is 19.7 Å². The van der Waals surface area contributed by atoms with E-state index in [0.29, 0.717) is 29.5 Å². The molecule has 30 heavy (non-hydrogen) atoms. The molecule has 1 N–H and O–H groups in total. The zero-order valence-electron chi connectivity index (χ0n) is 17.0. The summed E-state index contributed by atoms with van der Waals surface area (Å²) < 4.78 is 12.3. The Kier molecular flexibility index (Phi) is 5.78. The molecule has 0 bridgehead atoms. The van der Waals surface area contributed by atoms with Crippen LogP contribution >= 0.6 is 0 Å². The first-order chi connectivity index (χ1) is 14.7. The van der Waals surface area contributed by atoms with Gasteiger partial charge in [0.2, 0.25) is 5.91 Å². The molecule has 156 valence electrons. The highest BCUT2D eigenvalue weighted by atomic mass is 16.5. The van der Waals surface area contributed by atoms with Crippen LogP contribution in [-0.2, 0) is 4.79 Å². The summed E-state index contributed by atoms with van der Waals surface area (Å²) in [7, 11) is 3.16. The standard InChI is InChI=1S/C21H24N6O3/c1-29-16-6-7-17(18(11-16)30-2)25-21(28)15-5-3-9-26(13-15)19-12-20(23-14-22-19)27-10-4-8-24-27/h4,6-8,10-12,14-15H,3,5,9,13H2,1-2H3,(H,25,28). The van der Waals surface area contributed by atoms with Crippen molar-refractivity contribution in [1.29, 1.82) is 0 Å². The SMILES string of the molecule is COc1ccc(NC(=O)C2CCCN(c3cc(-n4cccn4)ncn3)C2)c(OC)c1. The summed E-state index contributed by atoms with van der Waals surface area (Å²) in [5.41, 5.74) is 0.628. The summed E-state index contributed by atoms with van der Waals surface area (Å²) in [5, 5.41) is 7.21. The summed E-state index contributed by atoms with van der Waals surface area (Å²) in [6.07, 6.45) is 6.78. The van der Waals surface area contributed by atoms with Crippen LogP contribution in [0.4, 0.5) is 11.5 Å². The summed E-state index contributed by atoms with van der Waals surface area (Å²) in [6, 6.07) is 9.07. The van der Waals surface area contributed by atoms with Crippen molar-refractivity contribution in [1.82, 2.24) is 19.7 Å². The van der Waals surface area contributed by atoms with Crippen molar-refractivity contribution in [2.75, 3.05) is 37.5 Å². The fraction of sp³-hybridized carbons (Fsp3) is 0.333. The zero-order chi connectivity index (χ0) is 20.9. The third kappa shape index (κ3) is 4.19. The molecular formula is C21H24N6O3. The fourth-order valence-corrected chi connectivity index (χ4v) is 3.58. The van der Waals surface area contributed by atoms with Crippen LogP contribution in [0.2, 0.25) is 0 Å². The van der Waals surface area contributed by atoms with Gasteiger partial charge in [0, 0.05) is 37.6 Å². The molecule has 2 aromatic heterocycles. The Balaban J connectivity index is 1.47. The van der Waals surface area contributed by atoms with E-state index in [1.54, 1.807) is 43.3 Å². The number of benzene rings is 1. The maximum atomic E-state index is 12.9. The summed E-state index contributed by atoms with van der Waals surface area (Å²) in [4.78, 5) is 23.8. The molecule has 0 radical (unpaired) electrons. The lowest BCUT2D eigenvalue weighted by Gasteiger charge is -2.33. The topological polar surface area (TPSA) is 94.4 Å². The van der Waals surface area contributed by atoms with Crippen molar-refractivity contribution in [3.8, 4) is 17.3 Å². The average molecular weight is 408 g/mol. The first-order valence-corrected chi connectivity index (χ1v) is 9.78. The predicted molar refractivity (Wildman–Crippen MR) is 112 cm³/mol. The third-order valence-corrected chi connectivity index (χ3v) is 5.16. The van der Waals surface area contributed by atoms with Crippen LogP contribution in [0.25, 0.3) is 5.82 Å². The second-order valence-corrected chi connectivity index (χ2v) is 7.03. The van der Waals surface area contributed by atoms with Crippen LogP contribution in [0.15, 0.2) is 49.1 Å². The number of anilines is 2. The molecule has 1 unspecified atom stereocenters. The van der Waals surface area contributed by atoms with Gasteiger partial charge in [-0.1, -0.05) is 0 Å². The molecule has 0 saturated carbocycles. The van der Waals surface area contributed by atoms with Crippen molar-refractivity contribution in [3.05, 3.63) is 49.1 Å². The molecule has 1 aliphatic heterocycles. The molecule has 1 saturated heterocycles. The van der Waals surface area contributed by atoms with E-state index in [0.717, 1.165) is 25.2 Å². The number of aromatic nitrogens is 4. The number of nitrogens with zero attached hydrogens (tertiary/aromatic N) is 5. The summed E-state index contributed by atoms with van der Waals surface area (Å²) >= 11 is 0. The van der Waals surface area contributed by atoms with Crippen molar-refractivity contribution in [3.63, 3.8) is 0 Å². The Morgan fingerprint density at radius 2 is 2.03 bits per heavy atom. The number of hydrogen-bond acceptors (Lipinski definition) is 7. The molecule has 9 nitrogen and oxygen atoms in total. The lowest BCUT2D eigenvalue weighted by molar-refractivity contribution is -0.120. The smallest absolute Gasteiger partial charge is 0.229 e. The molecule has 0 aliphatic carbocycles. The van der Waals surface area contributed by atoms with Crippen LogP contribution < -0.4 is 19.7 Å². The molecule has 0 spiro atoms. The molecule has 1 atom stereocenters. The van der Waals surface area contributed by atoms with Gasteiger partial charge in [0.05, 0.1) is 25.8 Å². The number of piperidine rings is 1. The van der Waals surface area contributed by atoms with Gasteiger partial charge in [-0.15, -0.1) is 0 Å². The molecule has 3 aromatic rings. The van der Waals surface area contributed by atoms with Crippen LogP contribution in [0.3, 0.4) is 0 Å². The lowest BCUT2D eigenvalue weighted by atomic mass is 9.97. The zero-order valence-corrected chi connectivity index (χ0v) is 17.0. The highest BCUT2D eigenvalue weighted by Crippen LogP contribution is 2.30. The number of hydrogen-bond donors (Lipinski definition) is 1. The number of amides is 1. The van der Waals surface area contributed by atoms with Gasteiger partial charge in [-0.3, -0.25) is 4.79 Å². The minimum absolute atomic E-state index is 0.0375. The second-order valence-electron chi connectivity index (χ2n) is 7.03. The van der Waals surface area contributed by atoms with Gasteiger partial charge in [-0.05, 0) is 31.0 Å². The highest BCUT2D eigenvalue weighted by molar-refractivity contribution is 5.94. The predicted octanol–water partition coefficient (Wildman–Crippen LogP) is 2.53. The monoisotopic (exact) mass is 408 g/mol. The van der Waals surface area contributed by atoms with Crippen LogP contribution in [0.5, 0.6) is 11.5 Å². The fourth-order valence-electron chi connectivity index (χ4n) is 3.58. The lowest BCUT2D eigenvalue weighted by Crippen LogP contribution is -2.41. The van der Waals surface area contributed by atoms with Crippen molar-refractivity contribution in [2.24, 2.45) is 5.92 Å². The molecule has 1 aliphatic rings. The Morgan fingerprint density at radius 1 is 1.17 bits per heavy atom. The summed E-state index contributed by atoms with van der Waals surface area (Å²) in [5.74, 6) is 2.52. The Hall–Kier alpha value is -3.62. The van der Waals surface area contributed by atoms with Crippen molar-refractivity contribution in [2.45, 2.75) is 12.8 Å².